The number of halogens is 1. The second-order valence-electron chi connectivity index (χ2n) is 4.84. The molecule has 0 saturated carbocycles. The minimum absolute atomic E-state index is 0. The van der Waals surface area contributed by atoms with E-state index in [4.69, 9.17) is 4.74 Å². The molecule has 22 heavy (non-hydrogen) atoms. The van der Waals surface area contributed by atoms with E-state index in [0.29, 0.717) is 0 Å². The summed E-state index contributed by atoms with van der Waals surface area (Å²) in [5.74, 6) is 0.826. The highest BCUT2D eigenvalue weighted by Crippen LogP contribution is 1.87. The van der Waals surface area contributed by atoms with Crippen molar-refractivity contribution < 1.29 is 4.74 Å². The van der Waals surface area contributed by atoms with Gasteiger partial charge in [0.05, 0.1) is 6.54 Å². The molecule has 8 heteroatoms. The molecule has 128 valence electrons. The molecule has 1 heterocycles. The fourth-order valence-corrected chi connectivity index (χ4v) is 1.90. The third-order valence-electron chi connectivity index (χ3n) is 3.09. The number of hydrogen-bond donors (Lipinski definition) is 2. The van der Waals surface area contributed by atoms with Gasteiger partial charge in [-0.25, -0.2) is 0 Å². The van der Waals surface area contributed by atoms with Crippen molar-refractivity contribution in [2.75, 3.05) is 54.0 Å². The molecule has 1 aromatic heterocycles. The average molecular weight is 424 g/mol. The Balaban J connectivity index is 0.00000441. The van der Waals surface area contributed by atoms with Crippen LogP contribution in [0.4, 0.5) is 0 Å². The van der Waals surface area contributed by atoms with Crippen molar-refractivity contribution in [3.8, 4) is 0 Å². The smallest absolute Gasteiger partial charge is 0.191 e. The van der Waals surface area contributed by atoms with E-state index in [9.17, 15) is 0 Å². The summed E-state index contributed by atoms with van der Waals surface area (Å²) < 4.78 is 6.94. The molecule has 0 amide bonds. The number of nitrogens with zero attached hydrogens (tertiary/aromatic N) is 4. The van der Waals surface area contributed by atoms with Crippen molar-refractivity contribution >= 4 is 29.9 Å². The van der Waals surface area contributed by atoms with Crippen molar-refractivity contribution in [3.63, 3.8) is 0 Å². The standard InChI is InChI=1S/C14H28N6O.HI/c1-15-14(17-8-12-20-10-4-6-18-20)16-7-11-19(2)9-5-13-21-3;/h4,6,10H,5,7-9,11-13H2,1-3H3,(H2,15,16,17);1H. The number of aromatic nitrogens is 2. The first-order valence-corrected chi connectivity index (χ1v) is 7.35. The highest BCUT2D eigenvalue weighted by molar-refractivity contribution is 14.0. The predicted molar refractivity (Wildman–Crippen MR) is 101 cm³/mol. The van der Waals surface area contributed by atoms with E-state index in [1.165, 1.54) is 0 Å². The lowest BCUT2D eigenvalue weighted by Crippen LogP contribution is -2.42. The molecule has 2 N–H and O–H groups in total. The van der Waals surface area contributed by atoms with E-state index in [1.807, 2.05) is 16.9 Å². The van der Waals surface area contributed by atoms with Gasteiger partial charge in [-0.2, -0.15) is 5.10 Å². The second-order valence-corrected chi connectivity index (χ2v) is 4.84. The fraction of sp³-hybridized carbons (Fsp3) is 0.714. The lowest BCUT2D eigenvalue weighted by Gasteiger charge is -2.18. The molecule has 0 atom stereocenters. The number of nitrogens with one attached hydrogen (secondary N) is 2. The number of rotatable bonds is 10. The zero-order valence-corrected chi connectivity index (χ0v) is 16.1. The second kappa shape index (κ2) is 13.8. The van der Waals surface area contributed by atoms with Gasteiger partial charge in [0.25, 0.3) is 0 Å². The highest BCUT2D eigenvalue weighted by atomic mass is 127. The van der Waals surface area contributed by atoms with Gasteiger partial charge in [0.15, 0.2) is 5.96 Å². The zero-order chi connectivity index (χ0) is 15.3. The first kappa shape index (κ1) is 21.1. The Hall–Kier alpha value is -0.870. The minimum Gasteiger partial charge on any atom is -0.385 e. The number of methoxy groups -OCH3 is 1. The maximum absolute atomic E-state index is 5.05. The molecule has 0 fully saturated rings. The lowest BCUT2D eigenvalue weighted by atomic mass is 10.4. The van der Waals surface area contributed by atoms with Gasteiger partial charge in [-0.05, 0) is 19.5 Å². The molecule has 0 aliphatic carbocycles. The van der Waals surface area contributed by atoms with Crippen molar-refractivity contribution in [2.24, 2.45) is 4.99 Å². The van der Waals surface area contributed by atoms with Crippen LogP contribution in [0.15, 0.2) is 23.5 Å². The molecule has 0 radical (unpaired) electrons. The van der Waals surface area contributed by atoms with E-state index in [2.05, 4.69) is 32.7 Å². The maximum atomic E-state index is 5.05. The average Bonchev–Trinajstić information content (AvgIpc) is 2.99. The first-order valence-electron chi connectivity index (χ1n) is 7.35. The van der Waals surface area contributed by atoms with Crippen LogP contribution >= 0.6 is 24.0 Å². The van der Waals surface area contributed by atoms with Crippen LogP contribution in [-0.4, -0.2) is 74.6 Å². The highest BCUT2D eigenvalue weighted by Gasteiger charge is 2.00. The van der Waals surface area contributed by atoms with E-state index in [0.717, 1.165) is 51.7 Å². The van der Waals surface area contributed by atoms with Crippen LogP contribution < -0.4 is 10.6 Å². The van der Waals surface area contributed by atoms with Crippen LogP contribution in [0.2, 0.25) is 0 Å². The lowest BCUT2D eigenvalue weighted by molar-refractivity contribution is 0.180. The number of aliphatic imine (C=N–C) groups is 1. The van der Waals surface area contributed by atoms with Crippen molar-refractivity contribution in [1.82, 2.24) is 25.3 Å². The van der Waals surface area contributed by atoms with Crippen LogP contribution in [0.25, 0.3) is 0 Å². The Kier molecular flexibility index (Phi) is 13.2. The molecule has 0 unspecified atom stereocenters. The first-order chi connectivity index (χ1) is 10.3. The molecule has 0 aliphatic rings. The minimum atomic E-state index is 0. The normalized spacial score (nSPS) is 11.4. The molecular formula is C14H29IN6O. The molecule has 1 rings (SSSR count). The van der Waals surface area contributed by atoms with Crippen molar-refractivity contribution in [3.05, 3.63) is 18.5 Å². The third kappa shape index (κ3) is 9.96. The Morgan fingerprint density at radius 2 is 2.09 bits per heavy atom. The number of likely N-dealkylation sites (N-methyl/N-ethyl adjacent to an activating group) is 1. The summed E-state index contributed by atoms with van der Waals surface area (Å²) in [6, 6.07) is 1.92. The Bertz CT molecular complexity index is 385. The van der Waals surface area contributed by atoms with Gasteiger partial charge in [-0.3, -0.25) is 9.67 Å². The summed E-state index contributed by atoms with van der Waals surface area (Å²) in [5, 5.41) is 10.7. The van der Waals surface area contributed by atoms with E-state index < -0.39 is 0 Å². The third-order valence-corrected chi connectivity index (χ3v) is 3.09. The largest absolute Gasteiger partial charge is 0.385 e. The monoisotopic (exact) mass is 424 g/mol. The van der Waals surface area contributed by atoms with Crippen LogP contribution in [0.3, 0.4) is 0 Å². The van der Waals surface area contributed by atoms with Crippen molar-refractivity contribution in [1.29, 1.82) is 0 Å². The van der Waals surface area contributed by atoms with Crippen molar-refractivity contribution in [2.45, 2.75) is 13.0 Å². The van der Waals surface area contributed by atoms with E-state index >= 15 is 0 Å². The molecule has 0 bridgehead atoms. The van der Waals surface area contributed by atoms with Crippen LogP contribution in [-0.2, 0) is 11.3 Å². The topological polar surface area (TPSA) is 66.7 Å². The summed E-state index contributed by atoms with van der Waals surface area (Å²) in [6.45, 7) is 5.32. The number of ether oxygens (including phenoxy) is 1. The molecule has 0 aromatic carbocycles. The fourth-order valence-electron chi connectivity index (χ4n) is 1.90. The maximum Gasteiger partial charge on any atom is 0.191 e. The number of hydrogen-bond acceptors (Lipinski definition) is 4. The summed E-state index contributed by atoms with van der Waals surface area (Å²) in [5.41, 5.74) is 0. The van der Waals surface area contributed by atoms with Gasteiger partial charge >= 0.3 is 0 Å². The molecule has 0 saturated heterocycles. The predicted octanol–water partition coefficient (Wildman–Crippen LogP) is 0.634. The van der Waals surface area contributed by atoms with Crippen LogP contribution in [0.5, 0.6) is 0 Å². The van der Waals surface area contributed by atoms with E-state index in [1.54, 1.807) is 20.4 Å². The van der Waals surface area contributed by atoms with Gasteiger partial charge in [0, 0.05) is 59.3 Å². The summed E-state index contributed by atoms with van der Waals surface area (Å²) >= 11 is 0. The Morgan fingerprint density at radius 1 is 1.32 bits per heavy atom. The SMILES string of the molecule is CN=C(NCCN(C)CCCOC)NCCn1cccn1.I. The van der Waals surface area contributed by atoms with Crippen LogP contribution in [0.1, 0.15) is 6.42 Å². The summed E-state index contributed by atoms with van der Waals surface area (Å²) in [6.07, 6.45) is 4.79. The Labute approximate surface area is 150 Å². The Morgan fingerprint density at radius 3 is 2.73 bits per heavy atom. The van der Waals surface area contributed by atoms with Gasteiger partial charge in [-0.1, -0.05) is 0 Å². The molecule has 0 aliphatic heterocycles. The number of guanidine groups is 1. The van der Waals surface area contributed by atoms with Gasteiger partial charge in [0.1, 0.15) is 0 Å². The van der Waals surface area contributed by atoms with E-state index in [-0.39, 0.29) is 24.0 Å². The molecule has 0 spiro atoms. The summed E-state index contributed by atoms with van der Waals surface area (Å²) in [7, 11) is 5.64. The van der Waals surface area contributed by atoms with Gasteiger partial charge in [-0.15, -0.1) is 24.0 Å². The molecule has 7 nitrogen and oxygen atoms in total. The van der Waals surface area contributed by atoms with Crippen LogP contribution in [0, 0.1) is 0 Å². The molecule has 1 aromatic rings. The quantitative estimate of drug-likeness (QED) is 0.250. The molecular weight excluding hydrogens is 395 g/mol. The summed E-state index contributed by atoms with van der Waals surface area (Å²) in [4.78, 5) is 6.49. The zero-order valence-electron chi connectivity index (χ0n) is 13.8. The van der Waals surface area contributed by atoms with Gasteiger partial charge < -0.3 is 20.3 Å². The van der Waals surface area contributed by atoms with Gasteiger partial charge in [0.2, 0.25) is 0 Å².